The second kappa shape index (κ2) is 7.44. The van der Waals surface area contributed by atoms with Crippen LogP contribution >= 0.6 is 46.1 Å². The fourth-order valence-corrected chi connectivity index (χ4v) is 3.92. The van der Waals surface area contributed by atoms with Crippen LogP contribution in [-0.4, -0.2) is 14.6 Å². The van der Waals surface area contributed by atoms with Crippen LogP contribution < -0.4 is 10.1 Å². The molecular weight excluding hydrogens is 425 g/mol. The van der Waals surface area contributed by atoms with Gasteiger partial charge in [-0.1, -0.05) is 70.4 Å². The number of nitrogens with zero attached hydrogens (tertiary/aromatic N) is 3. The molecule has 0 spiro atoms. The van der Waals surface area contributed by atoms with Gasteiger partial charge in [-0.2, -0.15) is 9.50 Å². The minimum Gasteiger partial charge on any atom is -0.266 e. The summed E-state index contributed by atoms with van der Waals surface area (Å²) in [5, 5.41) is 5.95. The minimum absolute atomic E-state index is 0.236. The van der Waals surface area contributed by atoms with Crippen molar-refractivity contribution in [1.29, 1.82) is 0 Å². The van der Waals surface area contributed by atoms with Gasteiger partial charge in [-0.15, -0.1) is 5.10 Å². The van der Waals surface area contributed by atoms with Crippen LogP contribution in [0.2, 0.25) is 15.1 Å². The molecular formula is C19H10Cl3N3OS. The van der Waals surface area contributed by atoms with Crippen molar-refractivity contribution in [2.75, 3.05) is 0 Å². The van der Waals surface area contributed by atoms with Crippen molar-refractivity contribution in [2.24, 2.45) is 0 Å². The van der Waals surface area contributed by atoms with Gasteiger partial charge in [0.1, 0.15) is 0 Å². The number of halogens is 3. The van der Waals surface area contributed by atoms with Crippen molar-refractivity contribution in [3.8, 4) is 0 Å². The molecule has 4 nitrogen and oxygen atoms in total. The van der Waals surface area contributed by atoms with Crippen LogP contribution in [0.4, 0.5) is 0 Å². The maximum atomic E-state index is 12.6. The Morgan fingerprint density at radius 3 is 2.41 bits per heavy atom. The molecule has 2 heterocycles. The van der Waals surface area contributed by atoms with Gasteiger partial charge in [0.2, 0.25) is 4.96 Å². The Labute approximate surface area is 172 Å². The van der Waals surface area contributed by atoms with Gasteiger partial charge in [0.25, 0.3) is 5.56 Å². The lowest BCUT2D eigenvalue weighted by Gasteiger charge is -1.97. The number of hydrogen-bond donors (Lipinski definition) is 0. The first-order chi connectivity index (χ1) is 13.0. The Bertz CT molecular complexity index is 1280. The zero-order chi connectivity index (χ0) is 19.0. The first kappa shape index (κ1) is 18.2. The predicted molar refractivity (Wildman–Crippen MR) is 113 cm³/mol. The van der Waals surface area contributed by atoms with E-state index in [1.165, 1.54) is 15.9 Å². The number of thiazole rings is 1. The van der Waals surface area contributed by atoms with E-state index < -0.39 is 0 Å². The highest BCUT2D eigenvalue weighted by Gasteiger charge is 2.09. The molecule has 4 rings (SSSR count). The number of rotatable bonds is 3. The van der Waals surface area contributed by atoms with Crippen LogP contribution in [0, 0.1) is 0 Å². The standard InChI is InChI=1S/C19H10Cl3N3OS/c20-13-5-1-11(2-6-13)3-8-17-23-19-25(24-17)18(26)16(27-19)9-12-4-7-14(21)10-15(12)22/h1-10H. The predicted octanol–water partition coefficient (Wildman–Crippen LogP) is 4.83. The average molecular weight is 435 g/mol. The molecule has 0 aliphatic rings. The molecule has 134 valence electrons. The van der Waals surface area contributed by atoms with Crippen molar-refractivity contribution in [2.45, 2.75) is 0 Å². The van der Waals surface area contributed by atoms with Crippen LogP contribution in [-0.2, 0) is 0 Å². The largest absolute Gasteiger partial charge is 0.291 e. The molecule has 2 aromatic carbocycles. The van der Waals surface area contributed by atoms with E-state index in [4.69, 9.17) is 34.8 Å². The van der Waals surface area contributed by atoms with Crippen LogP contribution in [0.25, 0.3) is 23.2 Å². The van der Waals surface area contributed by atoms with E-state index in [-0.39, 0.29) is 5.56 Å². The van der Waals surface area contributed by atoms with Gasteiger partial charge in [-0.3, -0.25) is 4.79 Å². The third-order valence-corrected chi connectivity index (χ3v) is 5.52. The summed E-state index contributed by atoms with van der Waals surface area (Å²) in [5.74, 6) is 0.462. The van der Waals surface area contributed by atoms with Crippen LogP contribution in [0.15, 0.2) is 47.3 Å². The summed E-state index contributed by atoms with van der Waals surface area (Å²) in [4.78, 5) is 17.5. The molecule has 0 radical (unpaired) electrons. The maximum absolute atomic E-state index is 12.6. The van der Waals surface area contributed by atoms with Gasteiger partial charge < -0.3 is 0 Å². The topological polar surface area (TPSA) is 47.3 Å². The average Bonchev–Trinajstić information content (AvgIpc) is 3.16. The normalized spacial score (nSPS) is 12.5. The Morgan fingerprint density at radius 1 is 0.963 bits per heavy atom. The maximum Gasteiger partial charge on any atom is 0.291 e. The highest BCUT2D eigenvalue weighted by atomic mass is 35.5. The Balaban J connectivity index is 1.68. The lowest BCUT2D eigenvalue weighted by molar-refractivity contribution is 0.925. The van der Waals surface area contributed by atoms with Crippen molar-refractivity contribution in [1.82, 2.24) is 14.6 Å². The minimum atomic E-state index is -0.236. The third kappa shape index (κ3) is 3.92. The zero-order valence-corrected chi connectivity index (χ0v) is 16.6. The van der Waals surface area contributed by atoms with Crippen molar-refractivity contribution in [3.63, 3.8) is 0 Å². The molecule has 4 aromatic rings. The molecule has 0 aliphatic heterocycles. The number of aromatic nitrogens is 3. The molecule has 0 unspecified atom stereocenters. The highest BCUT2D eigenvalue weighted by molar-refractivity contribution is 7.15. The molecule has 0 atom stereocenters. The summed E-state index contributed by atoms with van der Waals surface area (Å²) in [6.07, 6.45) is 5.33. The van der Waals surface area contributed by atoms with E-state index in [1.807, 2.05) is 18.2 Å². The summed E-state index contributed by atoms with van der Waals surface area (Å²) >= 11 is 19.2. The van der Waals surface area contributed by atoms with Gasteiger partial charge in [0.05, 0.1) is 4.53 Å². The fourth-order valence-electron chi connectivity index (χ4n) is 2.42. The summed E-state index contributed by atoms with van der Waals surface area (Å²) in [6, 6.07) is 12.5. The molecule has 8 heteroatoms. The van der Waals surface area contributed by atoms with Crippen LogP contribution in [0.3, 0.4) is 0 Å². The van der Waals surface area contributed by atoms with Gasteiger partial charge >= 0.3 is 0 Å². The number of benzene rings is 2. The summed E-state index contributed by atoms with van der Waals surface area (Å²) in [7, 11) is 0. The molecule has 0 aliphatic carbocycles. The quantitative estimate of drug-likeness (QED) is 0.464. The molecule has 0 fully saturated rings. The van der Waals surface area contributed by atoms with Gasteiger partial charge in [-0.05, 0) is 47.5 Å². The molecule has 0 saturated carbocycles. The Morgan fingerprint density at radius 2 is 1.70 bits per heavy atom. The smallest absolute Gasteiger partial charge is 0.266 e. The lowest BCUT2D eigenvalue weighted by atomic mass is 10.2. The first-order valence-corrected chi connectivity index (χ1v) is 9.75. The van der Waals surface area contributed by atoms with Crippen LogP contribution in [0.5, 0.6) is 0 Å². The monoisotopic (exact) mass is 433 g/mol. The van der Waals surface area contributed by atoms with Crippen molar-refractivity contribution < 1.29 is 0 Å². The number of fused-ring (bicyclic) bond motifs is 1. The molecule has 27 heavy (non-hydrogen) atoms. The second-order valence-electron chi connectivity index (χ2n) is 5.63. The highest BCUT2D eigenvalue weighted by Crippen LogP contribution is 2.21. The van der Waals surface area contributed by atoms with Crippen LogP contribution in [0.1, 0.15) is 17.0 Å². The number of hydrogen-bond acceptors (Lipinski definition) is 4. The summed E-state index contributed by atoms with van der Waals surface area (Å²) in [5.41, 5.74) is 1.44. The third-order valence-electron chi connectivity index (χ3n) is 3.74. The van der Waals surface area contributed by atoms with E-state index >= 15 is 0 Å². The summed E-state index contributed by atoms with van der Waals surface area (Å²) < 4.78 is 1.80. The molecule has 0 N–H and O–H groups in total. The Kier molecular flexibility index (Phi) is 5.02. The van der Waals surface area contributed by atoms with E-state index in [0.29, 0.717) is 35.9 Å². The van der Waals surface area contributed by atoms with E-state index in [2.05, 4.69) is 10.1 Å². The van der Waals surface area contributed by atoms with Crippen molar-refractivity contribution >= 4 is 69.3 Å². The molecule has 0 bridgehead atoms. The van der Waals surface area contributed by atoms with E-state index in [1.54, 1.807) is 42.5 Å². The van der Waals surface area contributed by atoms with Gasteiger partial charge in [0, 0.05) is 15.1 Å². The van der Waals surface area contributed by atoms with Gasteiger partial charge in [-0.25, -0.2) is 0 Å². The molecule has 0 amide bonds. The van der Waals surface area contributed by atoms with Gasteiger partial charge in [0.15, 0.2) is 5.82 Å². The lowest BCUT2D eigenvalue weighted by Crippen LogP contribution is -2.23. The second-order valence-corrected chi connectivity index (χ2v) is 7.92. The molecule has 0 saturated heterocycles. The first-order valence-electron chi connectivity index (χ1n) is 7.79. The summed E-state index contributed by atoms with van der Waals surface area (Å²) in [6.45, 7) is 0. The zero-order valence-electron chi connectivity index (χ0n) is 13.6. The van der Waals surface area contributed by atoms with Crippen molar-refractivity contribution in [3.05, 3.63) is 89.4 Å². The Hall–Kier alpha value is -2.18. The van der Waals surface area contributed by atoms with E-state index in [0.717, 1.165) is 5.56 Å². The fraction of sp³-hybridized carbons (Fsp3) is 0. The van der Waals surface area contributed by atoms with E-state index in [9.17, 15) is 4.79 Å². The molecule has 2 aromatic heterocycles. The SMILES string of the molecule is O=c1c(=Cc2ccc(Cl)cc2Cl)sc2nc(C=Cc3ccc(Cl)cc3)nn12.